The average molecular weight is 245 g/mol. The van der Waals surface area contributed by atoms with Gasteiger partial charge in [0.1, 0.15) is 17.6 Å². The molecule has 0 radical (unpaired) electrons. The number of rotatable bonds is 1. The zero-order valence-corrected chi connectivity index (χ0v) is 9.80. The van der Waals surface area contributed by atoms with Gasteiger partial charge in [-0.1, -0.05) is 28.8 Å². The van der Waals surface area contributed by atoms with Crippen molar-refractivity contribution in [2.45, 2.75) is 6.04 Å². The van der Waals surface area contributed by atoms with E-state index in [1.165, 1.54) is 7.11 Å². The molecule has 2 aliphatic rings. The molecule has 0 spiro atoms. The highest BCUT2D eigenvalue weighted by atomic mass is 19.2. The van der Waals surface area contributed by atoms with E-state index in [1.54, 1.807) is 42.5 Å². The van der Waals surface area contributed by atoms with Crippen molar-refractivity contribution in [2.24, 2.45) is 0 Å². The molecule has 0 saturated heterocycles. The minimum atomic E-state index is -0.639. The van der Waals surface area contributed by atoms with Crippen LogP contribution in [0.2, 0.25) is 0 Å². The van der Waals surface area contributed by atoms with Crippen LogP contribution in [0.5, 0.6) is 0 Å². The van der Waals surface area contributed by atoms with Crippen LogP contribution in [0.4, 0.5) is 10.2 Å². The first-order valence-corrected chi connectivity index (χ1v) is 5.64. The molecule has 4 heteroatoms. The number of halogens is 1. The van der Waals surface area contributed by atoms with Crippen molar-refractivity contribution in [3.8, 4) is 0 Å². The van der Waals surface area contributed by atoms with Gasteiger partial charge in [-0.2, -0.15) is 5.12 Å². The molecule has 1 aliphatic carbocycles. The second kappa shape index (κ2) is 3.91. The summed E-state index contributed by atoms with van der Waals surface area (Å²) in [5, 5.41) is 11.0. The zero-order chi connectivity index (χ0) is 12.7. The van der Waals surface area contributed by atoms with Gasteiger partial charge in [0, 0.05) is 5.56 Å². The fourth-order valence-electron chi connectivity index (χ4n) is 2.36. The summed E-state index contributed by atoms with van der Waals surface area (Å²) in [4.78, 5) is 0. The van der Waals surface area contributed by atoms with Gasteiger partial charge in [0.05, 0.1) is 18.4 Å². The molecule has 1 aliphatic heterocycles. The van der Waals surface area contributed by atoms with Crippen LogP contribution in [0.25, 0.3) is 5.76 Å². The maximum absolute atomic E-state index is 14.3. The van der Waals surface area contributed by atoms with E-state index in [9.17, 15) is 9.59 Å². The van der Waals surface area contributed by atoms with E-state index >= 15 is 0 Å². The number of benzene rings is 1. The summed E-state index contributed by atoms with van der Waals surface area (Å²) in [5.41, 5.74) is 1.30. The van der Waals surface area contributed by atoms with E-state index in [4.69, 9.17) is 4.74 Å². The maximum atomic E-state index is 14.3. The molecule has 1 unspecified atom stereocenters. The van der Waals surface area contributed by atoms with Gasteiger partial charge in [-0.3, -0.25) is 0 Å². The molecular weight excluding hydrogens is 233 g/mol. The van der Waals surface area contributed by atoms with Crippen molar-refractivity contribution >= 4 is 11.4 Å². The van der Waals surface area contributed by atoms with Gasteiger partial charge >= 0.3 is 0 Å². The van der Waals surface area contributed by atoms with Gasteiger partial charge < -0.3 is 9.84 Å². The molecule has 0 amide bonds. The largest absolute Gasteiger partial charge is 0.507 e. The molecule has 1 heterocycles. The third-order valence-corrected chi connectivity index (χ3v) is 3.21. The smallest absolute Gasteiger partial charge is 0.134 e. The minimum Gasteiger partial charge on any atom is -0.507 e. The molecule has 0 fully saturated rings. The van der Waals surface area contributed by atoms with Crippen LogP contribution >= 0.6 is 0 Å². The van der Waals surface area contributed by atoms with E-state index in [-0.39, 0.29) is 5.76 Å². The number of aliphatic hydroxyl groups is 1. The highest BCUT2D eigenvalue weighted by Gasteiger charge is 2.35. The summed E-state index contributed by atoms with van der Waals surface area (Å²) in [6.07, 6.45) is 5.12. The van der Waals surface area contributed by atoms with Crippen LogP contribution in [0, 0.1) is 0 Å². The molecule has 1 aromatic carbocycles. The summed E-state index contributed by atoms with van der Waals surface area (Å²) < 4.78 is 19.5. The number of nitrogens with zero attached hydrogens (tertiary/aromatic N) is 1. The Morgan fingerprint density at radius 2 is 2.11 bits per heavy atom. The third kappa shape index (κ3) is 1.35. The van der Waals surface area contributed by atoms with Crippen molar-refractivity contribution in [1.82, 2.24) is 0 Å². The van der Waals surface area contributed by atoms with Crippen LogP contribution in [-0.2, 0) is 4.74 Å². The minimum absolute atomic E-state index is 0.0713. The summed E-state index contributed by atoms with van der Waals surface area (Å²) in [6.45, 7) is 0. The molecule has 1 aromatic rings. The fourth-order valence-corrected chi connectivity index (χ4v) is 2.36. The Bertz CT molecular complexity index is 589. The fraction of sp³-hybridized carbons (Fsp3) is 0.143. The monoisotopic (exact) mass is 245 g/mol. The lowest BCUT2D eigenvalue weighted by Gasteiger charge is -2.33. The molecule has 3 nitrogen and oxygen atoms in total. The molecule has 0 aromatic heterocycles. The van der Waals surface area contributed by atoms with Crippen molar-refractivity contribution in [3.05, 3.63) is 59.4 Å². The predicted octanol–water partition coefficient (Wildman–Crippen LogP) is 3.13. The van der Waals surface area contributed by atoms with E-state index < -0.39 is 6.04 Å². The van der Waals surface area contributed by atoms with Gasteiger partial charge in [0.15, 0.2) is 0 Å². The normalized spacial score (nSPS) is 21.3. The van der Waals surface area contributed by atoms with E-state index in [2.05, 4.69) is 0 Å². The number of anilines is 1. The van der Waals surface area contributed by atoms with Crippen molar-refractivity contribution < 1.29 is 14.3 Å². The number of allylic oxidation sites excluding steroid dienone is 2. The van der Waals surface area contributed by atoms with Gasteiger partial charge in [0.2, 0.25) is 0 Å². The lowest BCUT2D eigenvalue weighted by Crippen LogP contribution is -2.34. The van der Waals surface area contributed by atoms with Crippen LogP contribution in [0.3, 0.4) is 0 Å². The van der Waals surface area contributed by atoms with Crippen LogP contribution in [-0.4, -0.2) is 18.3 Å². The highest BCUT2D eigenvalue weighted by molar-refractivity contribution is 5.82. The average Bonchev–Trinajstić information content (AvgIpc) is 2.44. The number of hydrogen-bond donors (Lipinski definition) is 1. The zero-order valence-electron chi connectivity index (χ0n) is 9.80. The van der Waals surface area contributed by atoms with Gasteiger partial charge in [-0.05, 0) is 18.2 Å². The molecule has 18 heavy (non-hydrogen) atoms. The lowest BCUT2D eigenvalue weighted by atomic mass is 9.91. The molecule has 0 bridgehead atoms. The number of para-hydroxylation sites is 1. The first-order valence-electron chi connectivity index (χ1n) is 5.64. The first kappa shape index (κ1) is 10.9. The summed E-state index contributed by atoms with van der Waals surface area (Å²) in [7, 11) is 1.51. The Morgan fingerprint density at radius 3 is 2.89 bits per heavy atom. The molecule has 1 atom stereocenters. The Balaban J connectivity index is 2.25. The first-order chi connectivity index (χ1) is 8.74. The second-order valence-corrected chi connectivity index (χ2v) is 4.16. The van der Waals surface area contributed by atoms with Gasteiger partial charge in [0.25, 0.3) is 0 Å². The van der Waals surface area contributed by atoms with Gasteiger partial charge in [-0.25, -0.2) is 0 Å². The molecule has 92 valence electrons. The lowest BCUT2D eigenvalue weighted by molar-refractivity contribution is 0.286. The van der Waals surface area contributed by atoms with E-state index in [0.29, 0.717) is 27.7 Å². The molecule has 3 rings (SSSR count). The van der Waals surface area contributed by atoms with Crippen LogP contribution in [0.15, 0.2) is 53.8 Å². The Kier molecular flexibility index (Phi) is 2.37. The molecule has 0 saturated carbocycles. The number of ether oxygens (including phenoxy) is 1. The van der Waals surface area contributed by atoms with E-state index in [0.717, 1.165) is 0 Å². The van der Waals surface area contributed by atoms with Crippen molar-refractivity contribution in [1.29, 1.82) is 0 Å². The van der Waals surface area contributed by atoms with E-state index in [1.807, 2.05) is 0 Å². The van der Waals surface area contributed by atoms with Crippen LogP contribution < -0.4 is 5.12 Å². The summed E-state index contributed by atoms with van der Waals surface area (Å²) >= 11 is 0. The maximum Gasteiger partial charge on any atom is 0.134 e. The predicted molar refractivity (Wildman–Crippen MR) is 67.6 cm³/mol. The standard InChI is InChI=1S/C14H12FNO2/c1-18-12-8-4-7-11-13(12)14(17)9-5-2-3-6-10(9)16(11)15/h2-8,11,17H,1H3. The molecule has 1 N–H and O–H groups in total. The Hall–Kier alpha value is -2.23. The number of fused-ring (bicyclic) bond motifs is 2. The quantitative estimate of drug-likeness (QED) is 0.771. The number of aliphatic hydroxyl groups excluding tert-OH is 1. The third-order valence-electron chi connectivity index (χ3n) is 3.21. The SMILES string of the molecule is COC1=CC=CC2C1=C(O)c1ccccc1N2F. The Labute approximate surface area is 104 Å². The summed E-state index contributed by atoms with van der Waals surface area (Å²) in [6, 6.07) is 6.19. The number of methoxy groups -OCH3 is 1. The second-order valence-electron chi connectivity index (χ2n) is 4.16. The van der Waals surface area contributed by atoms with Crippen molar-refractivity contribution in [3.63, 3.8) is 0 Å². The van der Waals surface area contributed by atoms with Gasteiger partial charge in [-0.15, -0.1) is 0 Å². The highest BCUT2D eigenvalue weighted by Crippen LogP contribution is 2.41. The van der Waals surface area contributed by atoms with Crippen molar-refractivity contribution in [2.75, 3.05) is 12.2 Å². The Morgan fingerprint density at radius 1 is 1.33 bits per heavy atom. The molecular formula is C14H12FNO2. The topological polar surface area (TPSA) is 32.7 Å². The number of hydrogen-bond acceptors (Lipinski definition) is 3. The van der Waals surface area contributed by atoms with Crippen LogP contribution in [0.1, 0.15) is 5.56 Å². The summed E-state index contributed by atoms with van der Waals surface area (Å²) in [5.74, 6) is 0.555.